The zero-order valence-electron chi connectivity index (χ0n) is 14.1. The fraction of sp³-hybridized carbons (Fsp3) is 0.812. The van der Waals surface area contributed by atoms with Gasteiger partial charge in [-0.25, -0.2) is 0 Å². The van der Waals surface area contributed by atoms with Gasteiger partial charge in [0.25, 0.3) is 0 Å². The minimum absolute atomic E-state index is 0.410. The quantitative estimate of drug-likeness (QED) is 0.720. The minimum Gasteiger partial charge on any atom is -0.384 e. The average Bonchev–Trinajstić information content (AvgIpc) is 2.72. The van der Waals surface area contributed by atoms with Crippen LogP contribution in [0.15, 0.2) is 0 Å². The van der Waals surface area contributed by atoms with E-state index in [0.29, 0.717) is 12.0 Å². The van der Waals surface area contributed by atoms with Crippen molar-refractivity contribution in [2.24, 2.45) is 13.0 Å². The third-order valence-electron chi connectivity index (χ3n) is 3.76. The van der Waals surface area contributed by atoms with Gasteiger partial charge in [0.1, 0.15) is 0 Å². The van der Waals surface area contributed by atoms with E-state index in [-0.39, 0.29) is 0 Å². The van der Waals surface area contributed by atoms with Crippen molar-refractivity contribution in [2.45, 2.75) is 52.5 Å². The molecule has 0 aromatic carbocycles. The molecule has 1 N–H and O–H groups in total. The molecule has 1 heterocycles. The van der Waals surface area contributed by atoms with Gasteiger partial charge in [0, 0.05) is 33.2 Å². The third-order valence-corrected chi connectivity index (χ3v) is 4.20. The second-order valence-electron chi connectivity index (χ2n) is 5.84. The minimum atomic E-state index is 0.410. The molecule has 0 aliphatic heterocycles. The highest BCUT2D eigenvalue weighted by Crippen LogP contribution is 2.23. The van der Waals surface area contributed by atoms with Crippen molar-refractivity contribution in [1.82, 2.24) is 15.1 Å². The summed E-state index contributed by atoms with van der Waals surface area (Å²) >= 11 is 6.47. The first-order valence-corrected chi connectivity index (χ1v) is 8.33. The Morgan fingerprint density at radius 3 is 2.62 bits per heavy atom. The zero-order valence-corrected chi connectivity index (χ0v) is 14.8. The van der Waals surface area contributed by atoms with Crippen molar-refractivity contribution in [3.63, 3.8) is 0 Å². The van der Waals surface area contributed by atoms with E-state index < -0.39 is 0 Å². The van der Waals surface area contributed by atoms with Crippen LogP contribution in [0.4, 0.5) is 0 Å². The van der Waals surface area contributed by atoms with Crippen LogP contribution in [0, 0.1) is 5.92 Å². The fourth-order valence-corrected chi connectivity index (χ4v) is 3.07. The van der Waals surface area contributed by atoms with Gasteiger partial charge in [-0.15, -0.1) is 0 Å². The van der Waals surface area contributed by atoms with Crippen LogP contribution < -0.4 is 5.32 Å². The Hall–Kier alpha value is -0.580. The van der Waals surface area contributed by atoms with Gasteiger partial charge in [0.2, 0.25) is 0 Å². The molecule has 0 aliphatic carbocycles. The highest BCUT2D eigenvalue weighted by atomic mass is 35.5. The van der Waals surface area contributed by atoms with Crippen LogP contribution >= 0.6 is 11.6 Å². The van der Waals surface area contributed by atoms with E-state index in [1.807, 2.05) is 11.7 Å². The molecule has 0 saturated carbocycles. The number of hydrogen-bond donors (Lipinski definition) is 1. The Kier molecular flexibility index (Phi) is 8.30. The molecule has 21 heavy (non-hydrogen) atoms. The first-order valence-electron chi connectivity index (χ1n) is 7.95. The van der Waals surface area contributed by atoms with E-state index in [1.54, 1.807) is 7.11 Å². The topological polar surface area (TPSA) is 39.1 Å². The molecule has 0 spiro atoms. The molecule has 0 radical (unpaired) electrons. The van der Waals surface area contributed by atoms with Crippen LogP contribution in [0.25, 0.3) is 0 Å². The molecule has 122 valence electrons. The predicted octanol–water partition coefficient (Wildman–Crippen LogP) is 3.22. The van der Waals surface area contributed by atoms with Gasteiger partial charge in [0.05, 0.1) is 16.4 Å². The Labute approximate surface area is 134 Å². The fourth-order valence-electron chi connectivity index (χ4n) is 2.70. The van der Waals surface area contributed by atoms with Gasteiger partial charge in [-0.3, -0.25) is 4.68 Å². The van der Waals surface area contributed by atoms with Crippen LogP contribution in [-0.4, -0.2) is 36.1 Å². The summed E-state index contributed by atoms with van der Waals surface area (Å²) in [6, 6.07) is 0.410. The van der Waals surface area contributed by atoms with Crippen LogP contribution in [0.2, 0.25) is 5.02 Å². The van der Waals surface area contributed by atoms with E-state index in [4.69, 9.17) is 16.3 Å². The van der Waals surface area contributed by atoms with Crippen molar-refractivity contribution in [2.75, 3.05) is 20.3 Å². The number of ether oxygens (including phenoxy) is 1. The normalized spacial score (nSPS) is 14.4. The van der Waals surface area contributed by atoms with Crippen LogP contribution in [0.1, 0.15) is 45.0 Å². The van der Waals surface area contributed by atoms with Crippen LogP contribution in [-0.2, 0) is 24.6 Å². The molecule has 0 saturated heterocycles. The highest BCUT2D eigenvalue weighted by molar-refractivity contribution is 6.31. The Morgan fingerprint density at radius 2 is 2.10 bits per heavy atom. The first kappa shape index (κ1) is 18.5. The molecular formula is C16H30ClN3O. The van der Waals surface area contributed by atoms with Crippen molar-refractivity contribution in [1.29, 1.82) is 0 Å². The monoisotopic (exact) mass is 315 g/mol. The van der Waals surface area contributed by atoms with Crippen molar-refractivity contribution in [3.05, 3.63) is 16.4 Å². The Bertz CT molecular complexity index is 420. The van der Waals surface area contributed by atoms with E-state index in [9.17, 15) is 0 Å². The maximum atomic E-state index is 6.47. The summed E-state index contributed by atoms with van der Waals surface area (Å²) in [6.45, 7) is 8.33. The number of halogens is 1. The molecule has 1 rings (SSSR count). The lowest BCUT2D eigenvalue weighted by Gasteiger charge is -2.22. The molecule has 0 aliphatic rings. The van der Waals surface area contributed by atoms with Crippen LogP contribution in [0.3, 0.4) is 0 Å². The largest absolute Gasteiger partial charge is 0.384 e. The molecular weight excluding hydrogens is 286 g/mol. The molecule has 1 aromatic rings. The summed E-state index contributed by atoms with van der Waals surface area (Å²) in [7, 11) is 3.74. The average molecular weight is 316 g/mol. The first-order chi connectivity index (χ1) is 10.0. The van der Waals surface area contributed by atoms with Gasteiger partial charge in [-0.05, 0) is 31.7 Å². The number of aryl methyl sites for hydroxylation is 2. The van der Waals surface area contributed by atoms with Gasteiger partial charge < -0.3 is 10.1 Å². The zero-order chi connectivity index (χ0) is 15.8. The molecule has 0 amide bonds. The molecule has 1 aromatic heterocycles. The number of hydrogen-bond acceptors (Lipinski definition) is 3. The summed E-state index contributed by atoms with van der Waals surface area (Å²) in [4.78, 5) is 0. The van der Waals surface area contributed by atoms with Crippen molar-refractivity contribution < 1.29 is 4.74 Å². The number of aromatic nitrogens is 2. The molecule has 2 unspecified atom stereocenters. The van der Waals surface area contributed by atoms with E-state index in [2.05, 4.69) is 31.2 Å². The summed E-state index contributed by atoms with van der Waals surface area (Å²) in [5.41, 5.74) is 2.13. The van der Waals surface area contributed by atoms with Gasteiger partial charge in [0.15, 0.2) is 0 Å². The van der Waals surface area contributed by atoms with E-state index in [1.165, 1.54) is 0 Å². The van der Waals surface area contributed by atoms with Gasteiger partial charge in [-0.2, -0.15) is 5.10 Å². The molecule has 4 nitrogen and oxygen atoms in total. The lowest BCUT2D eigenvalue weighted by molar-refractivity contribution is 0.149. The van der Waals surface area contributed by atoms with Crippen LogP contribution in [0.5, 0.6) is 0 Å². The molecule has 2 atom stereocenters. The standard InChI is InChI=1S/C16H30ClN3O/c1-6-8-18-13(9-12(3)11-21-5)10-15-16(17)14(7-2)19-20(15)4/h12-13,18H,6-11H2,1-5H3. The second-order valence-corrected chi connectivity index (χ2v) is 6.21. The van der Waals surface area contributed by atoms with E-state index in [0.717, 1.165) is 55.2 Å². The second kappa shape index (κ2) is 9.44. The Morgan fingerprint density at radius 1 is 1.38 bits per heavy atom. The van der Waals surface area contributed by atoms with Gasteiger partial charge in [-0.1, -0.05) is 32.4 Å². The molecule has 5 heteroatoms. The number of nitrogens with one attached hydrogen (secondary N) is 1. The highest BCUT2D eigenvalue weighted by Gasteiger charge is 2.19. The predicted molar refractivity (Wildman–Crippen MR) is 89.0 cm³/mol. The molecule has 0 fully saturated rings. The lowest BCUT2D eigenvalue weighted by Crippen LogP contribution is -2.34. The van der Waals surface area contributed by atoms with E-state index >= 15 is 0 Å². The molecule has 0 bridgehead atoms. The maximum absolute atomic E-state index is 6.47. The van der Waals surface area contributed by atoms with Crippen molar-refractivity contribution in [3.8, 4) is 0 Å². The summed E-state index contributed by atoms with van der Waals surface area (Å²) < 4.78 is 7.19. The van der Waals surface area contributed by atoms with Crippen molar-refractivity contribution >= 4 is 11.6 Å². The summed E-state index contributed by atoms with van der Waals surface area (Å²) in [6.07, 6.45) is 4.00. The smallest absolute Gasteiger partial charge is 0.0850 e. The SMILES string of the molecule is CCCNC(Cc1c(Cl)c(CC)nn1C)CC(C)COC. The number of methoxy groups -OCH3 is 1. The number of nitrogens with zero attached hydrogens (tertiary/aromatic N) is 2. The third kappa shape index (κ3) is 5.61. The number of rotatable bonds is 10. The maximum Gasteiger partial charge on any atom is 0.0850 e. The summed E-state index contributed by atoms with van der Waals surface area (Å²) in [5, 5.41) is 8.98. The Balaban J connectivity index is 2.77. The van der Waals surface area contributed by atoms with Gasteiger partial charge >= 0.3 is 0 Å². The lowest BCUT2D eigenvalue weighted by atomic mass is 9.98. The summed E-state index contributed by atoms with van der Waals surface area (Å²) in [5.74, 6) is 0.530.